The summed E-state index contributed by atoms with van der Waals surface area (Å²) in [6.07, 6.45) is 10.4. The molecule has 0 aliphatic carbocycles. The molecule has 0 bridgehead atoms. The quantitative estimate of drug-likeness (QED) is 0.784. The van der Waals surface area contributed by atoms with Crippen molar-refractivity contribution < 1.29 is 4.74 Å². The predicted molar refractivity (Wildman–Crippen MR) is 84.7 cm³/mol. The summed E-state index contributed by atoms with van der Waals surface area (Å²) in [5.41, 5.74) is 0. The molecular formula is C16H28N4O. The zero-order chi connectivity index (χ0) is 14.5. The topological polar surface area (TPSA) is 42.3 Å². The number of aromatic nitrogens is 2. The molecule has 0 spiro atoms. The lowest BCUT2D eigenvalue weighted by atomic mass is 9.97. The van der Waals surface area contributed by atoms with E-state index in [1.54, 1.807) is 0 Å². The normalized spacial score (nSPS) is 26.0. The lowest BCUT2D eigenvalue weighted by molar-refractivity contribution is 0.147. The number of nitrogens with zero attached hydrogens (tertiary/aromatic N) is 3. The number of anilines is 1. The summed E-state index contributed by atoms with van der Waals surface area (Å²) >= 11 is 0. The van der Waals surface area contributed by atoms with Gasteiger partial charge in [0.1, 0.15) is 0 Å². The van der Waals surface area contributed by atoms with Crippen LogP contribution in [0.2, 0.25) is 0 Å². The monoisotopic (exact) mass is 292 g/mol. The molecule has 2 aliphatic heterocycles. The Labute approximate surface area is 127 Å². The van der Waals surface area contributed by atoms with Crippen molar-refractivity contribution in [3.8, 4) is 0 Å². The van der Waals surface area contributed by atoms with Crippen LogP contribution in [0, 0.1) is 0 Å². The van der Waals surface area contributed by atoms with Gasteiger partial charge in [0.05, 0.1) is 0 Å². The molecule has 3 rings (SSSR count). The predicted octanol–water partition coefficient (Wildman–Crippen LogP) is 2.52. The molecule has 1 aromatic heterocycles. The Morgan fingerprint density at radius 1 is 1.33 bits per heavy atom. The number of hydrogen-bond acceptors (Lipinski definition) is 4. The van der Waals surface area contributed by atoms with Gasteiger partial charge in [-0.3, -0.25) is 0 Å². The Bertz CT molecular complexity index is 434. The molecule has 5 nitrogen and oxygen atoms in total. The molecule has 2 atom stereocenters. The molecule has 2 aliphatic rings. The second-order valence-electron chi connectivity index (χ2n) is 6.15. The van der Waals surface area contributed by atoms with E-state index >= 15 is 0 Å². The van der Waals surface area contributed by atoms with Crippen molar-refractivity contribution in [2.75, 3.05) is 38.2 Å². The van der Waals surface area contributed by atoms with E-state index in [0.717, 1.165) is 38.2 Å². The molecule has 1 N–H and O–H groups in total. The molecule has 5 heteroatoms. The van der Waals surface area contributed by atoms with E-state index in [1.807, 2.05) is 13.1 Å². The van der Waals surface area contributed by atoms with Crippen molar-refractivity contribution in [2.24, 2.45) is 0 Å². The summed E-state index contributed by atoms with van der Waals surface area (Å²) < 4.78 is 7.73. The minimum Gasteiger partial charge on any atom is -0.382 e. The maximum absolute atomic E-state index is 5.37. The fraction of sp³-hybridized carbons (Fsp3) is 0.812. The van der Waals surface area contributed by atoms with Gasteiger partial charge in [0, 0.05) is 50.8 Å². The van der Waals surface area contributed by atoms with Crippen LogP contribution < -0.4 is 5.32 Å². The van der Waals surface area contributed by atoms with Gasteiger partial charge in [-0.1, -0.05) is 0 Å². The molecule has 0 radical (unpaired) electrons. The SMILES string of the molecule is CCOCCCNc1nccn1C1CCN2CCCC2C1. The third kappa shape index (κ3) is 3.58. The van der Waals surface area contributed by atoms with Crippen LogP contribution in [0.4, 0.5) is 5.95 Å². The van der Waals surface area contributed by atoms with Crippen molar-refractivity contribution in [1.29, 1.82) is 0 Å². The number of piperidine rings is 1. The third-order valence-electron chi connectivity index (χ3n) is 4.81. The molecule has 1 aromatic rings. The molecule has 118 valence electrons. The van der Waals surface area contributed by atoms with Crippen LogP contribution in [0.25, 0.3) is 0 Å². The van der Waals surface area contributed by atoms with Crippen LogP contribution in [-0.2, 0) is 4.74 Å². The number of nitrogens with one attached hydrogen (secondary N) is 1. The van der Waals surface area contributed by atoms with Crippen LogP contribution in [0.3, 0.4) is 0 Å². The fourth-order valence-electron chi connectivity index (χ4n) is 3.72. The summed E-state index contributed by atoms with van der Waals surface area (Å²) in [6.45, 7) is 7.15. The number of hydrogen-bond donors (Lipinski definition) is 1. The van der Waals surface area contributed by atoms with Gasteiger partial charge in [0.2, 0.25) is 5.95 Å². The molecular weight excluding hydrogens is 264 g/mol. The summed E-state index contributed by atoms with van der Waals surface area (Å²) in [5, 5.41) is 3.47. The Kier molecular flexibility index (Phi) is 5.14. The van der Waals surface area contributed by atoms with E-state index in [-0.39, 0.29) is 0 Å². The van der Waals surface area contributed by atoms with Crippen LogP contribution in [0.1, 0.15) is 45.1 Å². The van der Waals surface area contributed by atoms with Crippen molar-refractivity contribution in [3.05, 3.63) is 12.4 Å². The smallest absolute Gasteiger partial charge is 0.203 e. The fourth-order valence-corrected chi connectivity index (χ4v) is 3.72. The summed E-state index contributed by atoms with van der Waals surface area (Å²) in [4.78, 5) is 7.16. The maximum atomic E-state index is 5.37. The lowest BCUT2D eigenvalue weighted by Crippen LogP contribution is -2.38. The first-order chi connectivity index (χ1) is 10.4. The molecule has 2 unspecified atom stereocenters. The Morgan fingerprint density at radius 2 is 2.29 bits per heavy atom. The van der Waals surface area contributed by atoms with Crippen LogP contribution in [0.5, 0.6) is 0 Å². The number of rotatable bonds is 7. The van der Waals surface area contributed by atoms with Gasteiger partial charge in [0.25, 0.3) is 0 Å². The second-order valence-corrected chi connectivity index (χ2v) is 6.15. The molecule has 0 aromatic carbocycles. The first-order valence-electron chi connectivity index (χ1n) is 8.47. The molecule has 2 saturated heterocycles. The van der Waals surface area contributed by atoms with Crippen molar-refractivity contribution in [2.45, 2.75) is 51.1 Å². The Hall–Kier alpha value is -1.07. The van der Waals surface area contributed by atoms with Crippen LogP contribution in [-0.4, -0.2) is 53.3 Å². The molecule has 0 saturated carbocycles. The van der Waals surface area contributed by atoms with E-state index in [2.05, 4.69) is 26.0 Å². The first-order valence-corrected chi connectivity index (χ1v) is 8.47. The molecule has 0 amide bonds. The van der Waals surface area contributed by atoms with E-state index < -0.39 is 0 Å². The average molecular weight is 292 g/mol. The van der Waals surface area contributed by atoms with Crippen LogP contribution >= 0.6 is 0 Å². The van der Waals surface area contributed by atoms with Gasteiger partial charge < -0.3 is 19.5 Å². The minimum atomic E-state index is 0.612. The van der Waals surface area contributed by atoms with E-state index in [9.17, 15) is 0 Å². The highest BCUT2D eigenvalue weighted by molar-refractivity contribution is 5.26. The van der Waals surface area contributed by atoms with Gasteiger partial charge in [-0.15, -0.1) is 0 Å². The maximum Gasteiger partial charge on any atom is 0.203 e. The molecule has 3 heterocycles. The summed E-state index contributed by atoms with van der Waals surface area (Å²) in [6, 6.07) is 1.41. The van der Waals surface area contributed by atoms with E-state index in [4.69, 9.17) is 4.74 Å². The zero-order valence-corrected chi connectivity index (χ0v) is 13.1. The van der Waals surface area contributed by atoms with E-state index in [1.165, 1.54) is 38.8 Å². The van der Waals surface area contributed by atoms with Crippen LogP contribution in [0.15, 0.2) is 12.4 Å². The molecule has 2 fully saturated rings. The van der Waals surface area contributed by atoms with Gasteiger partial charge in [-0.05, 0) is 45.6 Å². The van der Waals surface area contributed by atoms with Gasteiger partial charge in [-0.2, -0.15) is 0 Å². The highest BCUT2D eigenvalue weighted by Crippen LogP contribution is 2.34. The first kappa shape index (κ1) is 14.9. The van der Waals surface area contributed by atoms with Gasteiger partial charge >= 0.3 is 0 Å². The number of fused-ring (bicyclic) bond motifs is 1. The van der Waals surface area contributed by atoms with Crippen molar-refractivity contribution >= 4 is 5.95 Å². The van der Waals surface area contributed by atoms with Crippen molar-refractivity contribution in [1.82, 2.24) is 14.5 Å². The average Bonchev–Trinajstić information content (AvgIpc) is 3.15. The summed E-state index contributed by atoms with van der Waals surface area (Å²) in [7, 11) is 0. The molecule has 21 heavy (non-hydrogen) atoms. The van der Waals surface area contributed by atoms with Crippen molar-refractivity contribution in [3.63, 3.8) is 0 Å². The third-order valence-corrected chi connectivity index (χ3v) is 4.81. The minimum absolute atomic E-state index is 0.612. The second kappa shape index (κ2) is 7.27. The largest absolute Gasteiger partial charge is 0.382 e. The number of ether oxygens (including phenoxy) is 1. The summed E-state index contributed by atoms with van der Waals surface area (Å²) in [5.74, 6) is 1.03. The Balaban J connectivity index is 1.52. The van der Waals surface area contributed by atoms with Gasteiger partial charge in [0.15, 0.2) is 0 Å². The highest BCUT2D eigenvalue weighted by atomic mass is 16.5. The lowest BCUT2D eigenvalue weighted by Gasteiger charge is -2.35. The Morgan fingerprint density at radius 3 is 3.19 bits per heavy atom. The van der Waals surface area contributed by atoms with Gasteiger partial charge in [-0.25, -0.2) is 4.98 Å². The van der Waals surface area contributed by atoms with E-state index in [0.29, 0.717) is 6.04 Å². The number of imidazole rings is 1. The zero-order valence-electron chi connectivity index (χ0n) is 13.1. The highest BCUT2D eigenvalue weighted by Gasteiger charge is 2.32. The standard InChI is InChI=1S/C16H28N4O/c1-2-21-12-4-7-17-16-18-8-11-20(16)15-6-10-19-9-3-5-14(19)13-15/h8,11,14-15H,2-7,9-10,12-13H2,1H3,(H,17,18).